The molecule has 0 spiro atoms. The van der Waals surface area contributed by atoms with Gasteiger partial charge in [0.05, 0.1) is 19.1 Å². The number of amides is 1. The Bertz CT molecular complexity index is 1310. The number of para-hydroxylation sites is 2. The number of nitro groups is 1. The molecule has 0 radical (unpaired) electrons. The van der Waals surface area contributed by atoms with Crippen LogP contribution in [-0.4, -0.2) is 82.3 Å². The third-order valence-electron chi connectivity index (χ3n) is 7.35. The summed E-state index contributed by atoms with van der Waals surface area (Å²) in [6.45, 7) is 6.31. The number of carbonyl (C=O) groups excluding carboxylic acids is 2. The van der Waals surface area contributed by atoms with Crippen LogP contribution in [0.1, 0.15) is 43.9 Å². The van der Waals surface area contributed by atoms with Gasteiger partial charge in [-0.3, -0.25) is 24.6 Å². The number of benzene rings is 2. The number of fused-ring (bicyclic) bond motifs is 3. The number of piperidine rings is 1. The van der Waals surface area contributed by atoms with E-state index in [2.05, 4.69) is 30.9 Å². The van der Waals surface area contributed by atoms with Gasteiger partial charge in [0.25, 0.3) is 11.6 Å². The van der Waals surface area contributed by atoms with Crippen molar-refractivity contribution in [3.05, 3.63) is 57.6 Å². The predicted octanol–water partition coefficient (Wildman–Crippen LogP) is 2.58. The Hall–Kier alpha value is -4.07. The van der Waals surface area contributed by atoms with Crippen LogP contribution in [0, 0.1) is 22.0 Å². The average Bonchev–Trinajstić information content (AvgIpc) is 2.96. The van der Waals surface area contributed by atoms with Crippen molar-refractivity contribution in [3.8, 4) is 11.5 Å². The van der Waals surface area contributed by atoms with E-state index in [4.69, 9.17) is 19.7 Å². The van der Waals surface area contributed by atoms with Gasteiger partial charge in [0.15, 0.2) is 23.7 Å². The van der Waals surface area contributed by atoms with E-state index in [0.29, 0.717) is 18.1 Å². The highest BCUT2D eigenvalue weighted by Gasteiger charge is 2.38. The standard InChI is InChI=1S/C19H27NO3.C10H10N2O7/c1-12(2)7-14-11-20-6-5-13-8-18(22-3)19(23-4)9-15(13)16(20)10-17(14)21;13-7(8(14)10(16)17)9(15)11-5-3-1-2-4-6(5)12(18)19/h8-9,12,14,16H,5-7,10-11H2,1-4H3;1-4,7-8,13-14H,(H,11,15)(H,16,17)/t14-,16-;/m1./s1. The van der Waals surface area contributed by atoms with Crippen molar-refractivity contribution in [2.45, 2.75) is 51.4 Å². The number of carboxylic acids is 1. The molecule has 1 saturated heterocycles. The molecule has 2 aliphatic heterocycles. The maximum absolute atomic E-state index is 12.6. The minimum atomic E-state index is -2.32. The molecule has 4 atom stereocenters. The van der Waals surface area contributed by atoms with Crippen LogP contribution in [0.25, 0.3) is 0 Å². The molecule has 1 amide bonds. The van der Waals surface area contributed by atoms with Crippen molar-refractivity contribution in [1.82, 2.24) is 4.90 Å². The SMILES string of the molecule is COc1cc2c(cc1OC)[C@H]1CC(=O)[C@H](CC(C)C)CN1CC2.O=C(O)C(O)C(O)C(=O)Nc1ccccc1[N+](=O)[O-]. The molecule has 2 heterocycles. The Morgan fingerprint density at radius 1 is 1.12 bits per heavy atom. The number of nitrogens with zero attached hydrogens (tertiary/aromatic N) is 2. The summed E-state index contributed by atoms with van der Waals surface area (Å²) in [5, 5.41) is 39.3. The topological polar surface area (TPSA) is 189 Å². The molecule has 0 aromatic heterocycles. The molecule has 1 fully saturated rings. The van der Waals surface area contributed by atoms with Crippen molar-refractivity contribution in [1.29, 1.82) is 0 Å². The van der Waals surface area contributed by atoms with Gasteiger partial charge in [-0.15, -0.1) is 0 Å². The third-order valence-corrected chi connectivity index (χ3v) is 7.35. The van der Waals surface area contributed by atoms with E-state index >= 15 is 0 Å². The van der Waals surface area contributed by atoms with E-state index in [-0.39, 0.29) is 17.6 Å². The number of aliphatic hydroxyl groups is 2. The molecule has 4 rings (SSSR count). The lowest BCUT2D eigenvalue weighted by Gasteiger charge is -2.43. The molecule has 2 aliphatic rings. The number of hydrogen-bond acceptors (Lipinski definition) is 10. The van der Waals surface area contributed by atoms with Crippen LogP contribution in [0.4, 0.5) is 11.4 Å². The number of carbonyl (C=O) groups is 3. The highest BCUT2D eigenvalue weighted by atomic mass is 16.6. The van der Waals surface area contributed by atoms with E-state index in [0.717, 1.165) is 43.5 Å². The van der Waals surface area contributed by atoms with Crippen LogP contribution >= 0.6 is 0 Å². The fourth-order valence-electron chi connectivity index (χ4n) is 5.28. The lowest BCUT2D eigenvalue weighted by atomic mass is 9.80. The predicted molar refractivity (Wildman–Crippen MR) is 152 cm³/mol. The van der Waals surface area contributed by atoms with Gasteiger partial charge in [-0.1, -0.05) is 26.0 Å². The van der Waals surface area contributed by atoms with E-state index in [1.165, 1.54) is 29.3 Å². The molecule has 0 saturated carbocycles. The van der Waals surface area contributed by atoms with Gasteiger partial charge >= 0.3 is 5.97 Å². The second kappa shape index (κ2) is 14.2. The number of Topliss-reactive ketones (excluding diaryl/α,β-unsaturated/α-hetero) is 1. The summed E-state index contributed by atoms with van der Waals surface area (Å²) in [4.78, 5) is 46.8. The maximum Gasteiger partial charge on any atom is 0.335 e. The van der Waals surface area contributed by atoms with Gasteiger partial charge < -0.3 is 30.1 Å². The molecule has 42 heavy (non-hydrogen) atoms. The number of aliphatic carboxylic acids is 1. The number of hydrogen-bond donors (Lipinski definition) is 4. The number of ether oxygens (including phenoxy) is 2. The van der Waals surface area contributed by atoms with Crippen molar-refractivity contribution in [2.75, 3.05) is 32.6 Å². The normalized spacial score (nSPS) is 19.4. The Kier molecular flexibility index (Phi) is 11.0. The Balaban J connectivity index is 0.000000236. The molecular weight excluding hydrogens is 550 g/mol. The highest BCUT2D eigenvalue weighted by Crippen LogP contribution is 2.42. The Labute approximate surface area is 243 Å². The second-order valence-corrected chi connectivity index (χ2v) is 10.7. The maximum atomic E-state index is 12.6. The molecule has 0 bridgehead atoms. The first-order valence-electron chi connectivity index (χ1n) is 13.5. The number of anilines is 1. The summed E-state index contributed by atoms with van der Waals surface area (Å²) < 4.78 is 10.9. The second-order valence-electron chi connectivity index (χ2n) is 10.7. The molecule has 13 nitrogen and oxygen atoms in total. The van der Waals surface area contributed by atoms with Crippen molar-refractivity contribution in [3.63, 3.8) is 0 Å². The molecule has 0 aliphatic carbocycles. The summed E-state index contributed by atoms with van der Waals surface area (Å²) in [6.07, 6.45) is -1.92. The lowest BCUT2D eigenvalue weighted by Crippen LogP contribution is -2.46. The zero-order chi connectivity index (χ0) is 31.1. The minimum Gasteiger partial charge on any atom is -0.493 e. The zero-order valence-electron chi connectivity index (χ0n) is 24.0. The van der Waals surface area contributed by atoms with Gasteiger partial charge in [0.1, 0.15) is 11.5 Å². The average molecular weight is 588 g/mol. The fourth-order valence-corrected chi connectivity index (χ4v) is 5.28. The van der Waals surface area contributed by atoms with Gasteiger partial charge in [-0.2, -0.15) is 0 Å². The summed E-state index contributed by atoms with van der Waals surface area (Å²) in [5.41, 5.74) is 1.89. The van der Waals surface area contributed by atoms with Crippen LogP contribution in [0.3, 0.4) is 0 Å². The van der Waals surface area contributed by atoms with Gasteiger partial charge in [-0.05, 0) is 48.1 Å². The van der Waals surface area contributed by atoms with Crippen LogP contribution in [0.2, 0.25) is 0 Å². The fraction of sp³-hybridized carbons (Fsp3) is 0.483. The van der Waals surface area contributed by atoms with Crippen LogP contribution in [-0.2, 0) is 20.8 Å². The van der Waals surface area contributed by atoms with Crippen LogP contribution in [0.15, 0.2) is 36.4 Å². The molecule has 2 unspecified atom stereocenters. The van der Waals surface area contributed by atoms with E-state index in [1.807, 2.05) is 5.32 Å². The highest BCUT2D eigenvalue weighted by molar-refractivity contribution is 5.98. The van der Waals surface area contributed by atoms with Gasteiger partial charge in [-0.25, -0.2) is 4.79 Å². The lowest BCUT2D eigenvalue weighted by molar-refractivity contribution is -0.383. The van der Waals surface area contributed by atoms with Crippen molar-refractivity contribution in [2.24, 2.45) is 11.8 Å². The van der Waals surface area contributed by atoms with Crippen LogP contribution < -0.4 is 14.8 Å². The van der Waals surface area contributed by atoms with Crippen molar-refractivity contribution >= 4 is 29.0 Å². The number of methoxy groups -OCH3 is 2. The smallest absolute Gasteiger partial charge is 0.335 e. The largest absolute Gasteiger partial charge is 0.493 e. The first-order valence-corrected chi connectivity index (χ1v) is 13.5. The Morgan fingerprint density at radius 2 is 1.76 bits per heavy atom. The summed E-state index contributed by atoms with van der Waals surface area (Å²) in [7, 11) is 3.33. The molecule has 2 aromatic rings. The van der Waals surface area contributed by atoms with Crippen molar-refractivity contribution < 1.29 is 44.1 Å². The first-order chi connectivity index (χ1) is 19.9. The number of ketones is 1. The molecule has 228 valence electrons. The third kappa shape index (κ3) is 7.60. The summed E-state index contributed by atoms with van der Waals surface area (Å²) in [6, 6.07) is 9.45. The number of nitrogens with one attached hydrogen (secondary N) is 1. The number of aliphatic hydroxyl groups excluding tert-OH is 2. The number of rotatable bonds is 9. The van der Waals surface area contributed by atoms with Crippen LogP contribution in [0.5, 0.6) is 11.5 Å². The number of carboxylic acid groups (broad SMARTS) is 1. The molecule has 13 heteroatoms. The first kappa shape index (κ1) is 32.4. The number of nitro benzene ring substituents is 1. The van der Waals surface area contributed by atoms with Gasteiger partial charge in [0, 0.05) is 37.5 Å². The van der Waals surface area contributed by atoms with Gasteiger partial charge in [0.2, 0.25) is 0 Å². The Morgan fingerprint density at radius 3 is 2.36 bits per heavy atom. The monoisotopic (exact) mass is 587 g/mol. The minimum absolute atomic E-state index is 0.202. The zero-order valence-corrected chi connectivity index (χ0v) is 24.0. The van der Waals surface area contributed by atoms with E-state index in [9.17, 15) is 29.6 Å². The van der Waals surface area contributed by atoms with E-state index < -0.39 is 34.7 Å². The molecule has 2 aromatic carbocycles. The molecular formula is C29H37N3O10. The van der Waals surface area contributed by atoms with E-state index in [1.54, 1.807) is 14.2 Å². The molecule has 4 N–H and O–H groups in total. The summed E-state index contributed by atoms with van der Waals surface area (Å²) >= 11 is 0. The quantitative estimate of drug-likeness (QED) is 0.249. The summed E-state index contributed by atoms with van der Waals surface area (Å²) in [5.74, 6) is -0.323.